The summed E-state index contributed by atoms with van der Waals surface area (Å²) in [5.41, 5.74) is 1.03. The fourth-order valence-corrected chi connectivity index (χ4v) is 3.51. The molecule has 2 aromatic rings. The fraction of sp³-hybridized carbons (Fsp3) is 0.300. The summed E-state index contributed by atoms with van der Waals surface area (Å²) in [7, 11) is 1.65. The molecule has 0 aliphatic carbocycles. The van der Waals surface area contributed by atoms with Crippen LogP contribution in [0.1, 0.15) is 4.88 Å². The van der Waals surface area contributed by atoms with E-state index in [1.54, 1.807) is 18.1 Å². The van der Waals surface area contributed by atoms with Crippen LogP contribution in [0.2, 0.25) is 0 Å². The fourth-order valence-electron chi connectivity index (χ4n) is 2.90. The molecule has 0 saturated carbocycles. The smallest absolute Gasteiger partial charge is 0.331 e. The Balaban J connectivity index is 1.45. The SMILES string of the molecule is COc1ccccc1N1CCN(C(=O)COC(=O)/C=C/c2cccs2)CC1. The highest BCUT2D eigenvalue weighted by molar-refractivity contribution is 7.10. The number of carbonyl (C=O) groups is 2. The van der Waals surface area contributed by atoms with Crippen LogP contribution in [0, 0.1) is 0 Å². The van der Waals surface area contributed by atoms with Gasteiger partial charge in [-0.05, 0) is 29.7 Å². The Morgan fingerprint density at radius 1 is 1.11 bits per heavy atom. The number of para-hydroxylation sites is 2. The van der Waals surface area contributed by atoms with Crippen molar-refractivity contribution in [3.05, 3.63) is 52.7 Å². The highest BCUT2D eigenvalue weighted by Gasteiger charge is 2.23. The molecular weight excluding hydrogens is 364 g/mol. The van der Waals surface area contributed by atoms with Gasteiger partial charge in [-0.15, -0.1) is 11.3 Å². The van der Waals surface area contributed by atoms with Gasteiger partial charge in [-0.3, -0.25) is 4.79 Å². The average Bonchev–Trinajstić information content (AvgIpc) is 3.24. The first-order chi connectivity index (χ1) is 13.2. The minimum Gasteiger partial charge on any atom is -0.495 e. The third kappa shape index (κ3) is 5.10. The number of ether oxygens (including phenoxy) is 2. The van der Waals surface area contributed by atoms with Crippen molar-refractivity contribution in [2.24, 2.45) is 0 Å². The van der Waals surface area contributed by atoms with E-state index in [0.717, 1.165) is 16.3 Å². The summed E-state index contributed by atoms with van der Waals surface area (Å²) in [6.45, 7) is 2.35. The van der Waals surface area contributed by atoms with E-state index in [0.29, 0.717) is 26.2 Å². The number of esters is 1. The van der Waals surface area contributed by atoms with E-state index in [1.807, 2.05) is 41.8 Å². The van der Waals surface area contributed by atoms with Gasteiger partial charge in [-0.25, -0.2) is 4.79 Å². The molecule has 0 bridgehead atoms. The summed E-state index contributed by atoms with van der Waals surface area (Å²) in [6.07, 6.45) is 3.03. The maximum atomic E-state index is 12.3. The predicted octanol–water partition coefficient (Wildman–Crippen LogP) is 2.66. The van der Waals surface area contributed by atoms with E-state index < -0.39 is 5.97 Å². The first-order valence-corrected chi connectivity index (χ1v) is 9.59. The van der Waals surface area contributed by atoms with Gasteiger partial charge in [0, 0.05) is 37.1 Å². The summed E-state index contributed by atoms with van der Waals surface area (Å²) in [5, 5.41) is 1.93. The molecule has 1 amide bonds. The molecule has 27 heavy (non-hydrogen) atoms. The molecule has 6 nitrogen and oxygen atoms in total. The number of anilines is 1. The van der Waals surface area contributed by atoms with Crippen LogP contribution in [-0.4, -0.2) is 56.7 Å². The van der Waals surface area contributed by atoms with E-state index in [9.17, 15) is 9.59 Å². The quantitative estimate of drug-likeness (QED) is 0.564. The highest BCUT2D eigenvalue weighted by Crippen LogP contribution is 2.28. The van der Waals surface area contributed by atoms with Crippen molar-refractivity contribution in [3.63, 3.8) is 0 Å². The highest BCUT2D eigenvalue weighted by atomic mass is 32.1. The molecule has 1 aliphatic heterocycles. The molecule has 0 spiro atoms. The normalized spacial score (nSPS) is 14.4. The number of nitrogens with zero attached hydrogens (tertiary/aromatic N) is 2. The van der Waals surface area contributed by atoms with E-state index in [-0.39, 0.29) is 12.5 Å². The van der Waals surface area contributed by atoms with Crippen molar-refractivity contribution < 1.29 is 19.1 Å². The average molecular weight is 386 g/mol. The Hall–Kier alpha value is -2.80. The number of rotatable bonds is 6. The number of carbonyl (C=O) groups excluding carboxylic acids is 2. The molecule has 142 valence electrons. The van der Waals surface area contributed by atoms with E-state index >= 15 is 0 Å². The third-order valence-electron chi connectivity index (χ3n) is 4.32. The Bertz CT molecular complexity index is 796. The number of methoxy groups -OCH3 is 1. The van der Waals surface area contributed by atoms with Crippen LogP contribution in [0.4, 0.5) is 5.69 Å². The molecule has 0 radical (unpaired) electrons. The van der Waals surface area contributed by atoms with Gasteiger partial charge in [0.2, 0.25) is 0 Å². The summed E-state index contributed by atoms with van der Waals surface area (Å²) in [6, 6.07) is 11.7. The number of amides is 1. The molecule has 0 atom stereocenters. The van der Waals surface area contributed by atoms with Gasteiger partial charge in [-0.2, -0.15) is 0 Å². The lowest BCUT2D eigenvalue weighted by molar-refractivity contribution is -0.148. The standard InChI is InChI=1S/C20H22N2O4S/c1-25-18-7-3-2-6-17(18)21-10-12-22(13-11-21)19(23)15-26-20(24)9-8-16-5-4-14-27-16/h2-9,14H,10-13,15H2,1H3/b9-8+. The molecule has 0 N–H and O–H groups in total. The van der Waals surface area contributed by atoms with Crippen molar-refractivity contribution in [3.8, 4) is 5.75 Å². The molecular formula is C20H22N2O4S. The second-order valence-electron chi connectivity index (χ2n) is 6.00. The Morgan fingerprint density at radius 3 is 2.59 bits per heavy atom. The van der Waals surface area contributed by atoms with E-state index in [4.69, 9.17) is 9.47 Å². The number of thiophene rings is 1. The van der Waals surface area contributed by atoms with Gasteiger partial charge in [0.25, 0.3) is 5.91 Å². The lowest BCUT2D eigenvalue weighted by atomic mass is 10.2. The van der Waals surface area contributed by atoms with Crippen LogP contribution in [0.5, 0.6) is 5.75 Å². The summed E-state index contributed by atoms with van der Waals surface area (Å²) in [5.74, 6) is 0.140. The van der Waals surface area contributed by atoms with Crippen LogP contribution >= 0.6 is 11.3 Å². The summed E-state index contributed by atoms with van der Waals surface area (Å²) >= 11 is 1.53. The number of benzene rings is 1. The molecule has 1 fully saturated rings. The first kappa shape index (κ1) is 19.0. The molecule has 0 unspecified atom stereocenters. The van der Waals surface area contributed by atoms with Gasteiger partial charge >= 0.3 is 5.97 Å². The zero-order valence-electron chi connectivity index (χ0n) is 15.2. The van der Waals surface area contributed by atoms with Crippen LogP contribution in [-0.2, 0) is 14.3 Å². The Morgan fingerprint density at radius 2 is 1.89 bits per heavy atom. The summed E-state index contributed by atoms with van der Waals surface area (Å²) < 4.78 is 10.5. The zero-order valence-corrected chi connectivity index (χ0v) is 16.0. The van der Waals surface area contributed by atoms with Gasteiger partial charge in [0.15, 0.2) is 6.61 Å². The van der Waals surface area contributed by atoms with Crippen molar-refractivity contribution >= 4 is 35.0 Å². The predicted molar refractivity (Wildman–Crippen MR) is 106 cm³/mol. The number of hydrogen-bond acceptors (Lipinski definition) is 6. The Kier molecular flexibility index (Phi) is 6.49. The topological polar surface area (TPSA) is 59.1 Å². The maximum absolute atomic E-state index is 12.3. The van der Waals surface area contributed by atoms with Gasteiger partial charge < -0.3 is 19.3 Å². The van der Waals surface area contributed by atoms with Gasteiger partial charge in [0.05, 0.1) is 12.8 Å². The molecule has 7 heteroatoms. The molecule has 3 rings (SSSR count). The van der Waals surface area contributed by atoms with Crippen molar-refractivity contribution in [2.75, 3.05) is 44.8 Å². The maximum Gasteiger partial charge on any atom is 0.331 e. The molecule has 1 saturated heterocycles. The van der Waals surface area contributed by atoms with Gasteiger partial charge in [-0.1, -0.05) is 18.2 Å². The van der Waals surface area contributed by atoms with Crippen LogP contribution in [0.25, 0.3) is 6.08 Å². The first-order valence-electron chi connectivity index (χ1n) is 8.71. The van der Waals surface area contributed by atoms with E-state index in [1.165, 1.54) is 17.4 Å². The zero-order chi connectivity index (χ0) is 19.1. The number of piperazine rings is 1. The van der Waals surface area contributed by atoms with Crippen LogP contribution in [0.15, 0.2) is 47.9 Å². The largest absolute Gasteiger partial charge is 0.495 e. The van der Waals surface area contributed by atoms with Gasteiger partial charge in [0.1, 0.15) is 5.75 Å². The third-order valence-corrected chi connectivity index (χ3v) is 5.16. The lowest BCUT2D eigenvalue weighted by Gasteiger charge is -2.36. The van der Waals surface area contributed by atoms with Crippen molar-refractivity contribution in [2.45, 2.75) is 0 Å². The second-order valence-corrected chi connectivity index (χ2v) is 6.98. The second kappa shape index (κ2) is 9.23. The Labute approximate surface area is 162 Å². The minimum atomic E-state index is -0.510. The van der Waals surface area contributed by atoms with Crippen molar-refractivity contribution in [1.29, 1.82) is 0 Å². The van der Waals surface area contributed by atoms with Crippen molar-refractivity contribution in [1.82, 2.24) is 4.90 Å². The van der Waals surface area contributed by atoms with Crippen LogP contribution in [0.3, 0.4) is 0 Å². The molecule has 2 heterocycles. The minimum absolute atomic E-state index is 0.174. The lowest BCUT2D eigenvalue weighted by Crippen LogP contribution is -2.50. The molecule has 1 aromatic carbocycles. The number of hydrogen-bond donors (Lipinski definition) is 0. The van der Waals surface area contributed by atoms with Crippen LogP contribution < -0.4 is 9.64 Å². The molecule has 1 aromatic heterocycles. The molecule has 1 aliphatic rings. The van der Waals surface area contributed by atoms with E-state index in [2.05, 4.69) is 4.90 Å². The summed E-state index contributed by atoms with van der Waals surface area (Å²) in [4.78, 5) is 28.9. The monoisotopic (exact) mass is 386 g/mol.